The molecule has 0 radical (unpaired) electrons. The summed E-state index contributed by atoms with van der Waals surface area (Å²) in [5.74, 6) is -37.4. The van der Waals surface area contributed by atoms with Gasteiger partial charge in [0.1, 0.15) is 0 Å². The van der Waals surface area contributed by atoms with Crippen molar-refractivity contribution >= 4 is 5.97 Å². The Balaban J connectivity index is 7.24. The zero-order valence-corrected chi connectivity index (χ0v) is 16.8. The number of alkyl halides is 23. The van der Waals surface area contributed by atoms with Gasteiger partial charge in [-0.3, -0.25) is 14.2 Å². The summed E-state index contributed by atoms with van der Waals surface area (Å²) in [6.07, 6.45) is -57.8. The van der Waals surface area contributed by atoms with Crippen molar-refractivity contribution in [3.8, 4) is 0 Å². The molecule has 240 valence electrons. The topological polar surface area (TPSA) is 65.0 Å². The standard InChI is InChI=1S/C12HF23O5/c13-2(1(36)37,6(18,19)20)38-11(32,33)4(16,8(24,25)26)40-12(34,35)5(17,9(27,28)29)39-10(30,31)3(14,15)7(21,22)23/h(H,36,37)/t2-,4+,5+/m1/s1. The van der Waals surface area contributed by atoms with Gasteiger partial charge in [-0.15, -0.1) is 0 Å². The van der Waals surface area contributed by atoms with E-state index in [1.54, 1.807) is 0 Å². The molecule has 1 N–H and O–H groups in total. The second kappa shape index (κ2) is 9.65. The molecule has 28 heteroatoms. The van der Waals surface area contributed by atoms with E-state index in [1.165, 1.54) is 4.74 Å². The fraction of sp³-hybridized carbons (Fsp3) is 0.917. The largest absolute Gasteiger partial charge is 0.477 e. The maximum absolute atomic E-state index is 14.0. The van der Waals surface area contributed by atoms with Crippen LogP contribution in [-0.2, 0) is 19.0 Å². The highest BCUT2D eigenvalue weighted by molar-refractivity contribution is 5.76. The molecule has 0 aromatic rings. The first-order valence-corrected chi connectivity index (χ1v) is 8.00. The molecular weight excluding hydrogens is 661 g/mol. The first kappa shape index (κ1) is 37.7. The molecule has 0 fully saturated rings. The Hall–Kier alpha value is -2.26. The zero-order valence-electron chi connectivity index (χ0n) is 16.8. The highest BCUT2D eigenvalue weighted by atomic mass is 19.4. The van der Waals surface area contributed by atoms with Crippen LogP contribution in [0.25, 0.3) is 0 Å². The number of halogens is 23. The summed E-state index contributed by atoms with van der Waals surface area (Å²) >= 11 is 0. The van der Waals surface area contributed by atoms with Crippen molar-refractivity contribution in [3.63, 3.8) is 0 Å². The molecule has 0 spiro atoms. The van der Waals surface area contributed by atoms with E-state index in [0.717, 1.165) is 9.47 Å². The summed E-state index contributed by atoms with van der Waals surface area (Å²) in [5.41, 5.74) is 0. The lowest BCUT2D eigenvalue weighted by Crippen LogP contribution is -2.70. The fourth-order valence-electron chi connectivity index (χ4n) is 1.68. The molecule has 0 saturated carbocycles. The number of carbonyl (C=O) groups is 1. The van der Waals surface area contributed by atoms with Crippen molar-refractivity contribution in [2.24, 2.45) is 0 Å². The second-order valence-electron chi connectivity index (χ2n) is 6.51. The Morgan fingerprint density at radius 1 is 0.400 bits per heavy atom. The lowest BCUT2D eigenvalue weighted by atomic mass is 10.2. The highest BCUT2D eigenvalue weighted by Crippen LogP contribution is 2.59. The van der Waals surface area contributed by atoms with Crippen LogP contribution < -0.4 is 0 Å². The van der Waals surface area contributed by atoms with E-state index in [4.69, 9.17) is 5.11 Å². The van der Waals surface area contributed by atoms with Gasteiger partial charge in [0.2, 0.25) is 0 Å². The predicted octanol–water partition coefficient (Wildman–Crippen LogP) is 6.78. The van der Waals surface area contributed by atoms with Crippen LogP contribution >= 0.6 is 0 Å². The molecule has 0 aromatic heterocycles. The van der Waals surface area contributed by atoms with Crippen molar-refractivity contribution in [1.82, 2.24) is 0 Å². The van der Waals surface area contributed by atoms with Crippen molar-refractivity contribution in [3.05, 3.63) is 0 Å². The summed E-state index contributed by atoms with van der Waals surface area (Å²) in [6.45, 7) is 0. The van der Waals surface area contributed by atoms with Gasteiger partial charge >= 0.3 is 72.5 Å². The van der Waals surface area contributed by atoms with Gasteiger partial charge < -0.3 is 5.11 Å². The Morgan fingerprint density at radius 3 is 0.900 bits per heavy atom. The maximum atomic E-state index is 14.0. The Bertz CT molecular complexity index is 930. The number of rotatable bonds is 10. The van der Waals surface area contributed by atoms with Gasteiger partial charge in [-0.25, -0.2) is 4.79 Å². The summed E-state index contributed by atoms with van der Waals surface area (Å²) < 4.78 is 300. The van der Waals surface area contributed by atoms with Crippen LogP contribution in [0.5, 0.6) is 0 Å². The molecule has 0 aliphatic rings. The minimum absolute atomic E-state index is 0.973. The van der Waals surface area contributed by atoms with Crippen LogP contribution in [0.4, 0.5) is 101 Å². The average Bonchev–Trinajstić information content (AvgIpc) is 2.62. The molecule has 0 aliphatic heterocycles. The van der Waals surface area contributed by atoms with Crippen LogP contribution in [0.2, 0.25) is 0 Å². The highest BCUT2D eigenvalue weighted by Gasteiger charge is 2.88. The number of carboxylic acid groups (broad SMARTS) is 1. The Labute approximate surface area is 199 Å². The van der Waals surface area contributed by atoms with Crippen molar-refractivity contribution in [2.75, 3.05) is 0 Å². The Kier molecular flexibility index (Phi) is 9.10. The van der Waals surface area contributed by atoms with Crippen molar-refractivity contribution in [1.29, 1.82) is 0 Å². The van der Waals surface area contributed by atoms with Gasteiger partial charge in [0.25, 0.3) is 0 Å². The first-order valence-electron chi connectivity index (χ1n) is 8.00. The third kappa shape index (κ3) is 6.01. The monoisotopic (exact) mass is 662 g/mol. The molecule has 40 heavy (non-hydrogen) atoms. The second-order valence-corrected chi connectivity index (χ2v) is 6.51. The van der Waals surface area contributed by atoms with Crippen LogP contribution in [-0.4, -0.2) is 77.6 Å². The van der Waals surface area contributed by atoms with E-state index >= 15 is 0 Å². The molecule has 0 rings (SSSR count). The fourth-order valence-corrected chi connectivity index (χ4v) is 1.68. The lowest BCUT2D eigenvalue weighted by molar-refractivity contribution is -0.578. The smallest absolute Gasteiger partial charge is 0.462 e. The quantitative estimate of drug-likeness (QED) is 0.262. The molecule has 0 amide bonds. The molecule has 5 nitrogen and oxygen atoms in total. The van der Waals surface area contributed by atoms with Gasteiger partial charge in [0.05, 0.1) is 0 Å². The number of ether oxygens (including phenoxy) is 3. The summed E-state index contributed by atoms with van der Waals surface area (Å²) in [5, 5.41) is 7.92. The zero-order chi connectivity index (χ0) is 33.2. The maximum Gasteiger partial charge on any atom is 0.462 e. The van der Waals surface area contributed by atoms with Crippen LogP contribution in [0, 0.1) is 0 Å². The van der Waals surface area contributed by atoms with Gasteiger partial charge in [-0.05, 0) is 0 Å². The van der Waals surface area contributed by atoms with E-state index in [2.05, 4.69) is 0 Å². The molecule has 0 bridgehead atoms. The third-order valence-electron chi connectivity index (χ3n) is 3.65. The van der Waals surface area contributed by atoms with Gasteiger partial charge in [0.15, 0.2) is 0 Å². The minimum atomic E-state index is -8.77. The lowest BCUT2D eigenvalue weighted by Gasteiger charge is -2.42. The van der Waals surface area contributed by atoms with Crippen molar-refractivity contribution in [2.45, 2.75) is 66.5 Å². The van der Waals surface area contributed by atoms with E-state index in [-0.39, 0.29) is 0 Å². The molecule has 0 heterocycles. The SMILES string of the molecule is O=C(O)[C@@](F)(OC(F)(F)[C@@](F)(OC(F)(F)[C@@](F)(OC(F)(F)C(F)(F)C(F)(F)F)C(F)(F)F)C(F)(F)F)C(F)(F)F. The molecular formula is C12HF23O5. The normalized spacial score (nSPS) is 20.0. The van der Waals surface area contributed by atoms with E-state index in [9.17, 15) is 106 Å². The Morgan fingerprint density at radius 2 is 0.675 bits per heavy atom. The predicted molar refractivity (Wildman–Crippen MR) is 66.4 cm³/mol. The number of hydrogen-bond donors (Lipinski definition) is 1. The van der Waals surface area contributed by atoms with Crippen LogP contribution in [0.3, 0.4) is 0 Å². The van der Waals surface area contributed by atoms with Crippen LogP contribution in [0.15, 0.2) is 0 Å². The van der Waals surface area contributed by atoms with E-state index in [1.807, 2.05) is 0 Å². The van der Waals surface area contributed by atoms with Gasteiger partial charge in [-0.1, -0.05) is 0 Å². The molecule has 0 saturated heterocycles. The third-order valence-corrected chi connectivity index (χ3v) is 3.65. The number of carboxylic acids is 1. The summed E-state index contributed by atoms with van der Waals surface area (Å²) in [4.78, 5) is 10.2. The number of hydrogen-bond acceptors (Lipinski definition) is 4. The van der Waals surface area contributed by atoms with E-state index in [0.29, 0.717) is 0 Å². The molecule has 0 aromatic carbocycles. The van der Waals surface area contributed by atoms with Gasteiger partial charge in [0, 0.05) is 0 Å². The van der Waals surface area contributed by atoms with E-state index < -0.39 is 72.5 Å². The van der Waals surface area contributed by atoms with Crippen molar-refractivity contribution < 1.29 is 125 Å². The molecule has 3 atom stereocenters. The average molecular weight is 662 g/mol. The summed E-state index contributed by atoms with van der Waals surface area (Å²) in [6, 6.07) is 0. The molecule has 0 aliphatic carbocycles. The minimum Gasteiger partial charge on any atom is -0.477 e. The molecule has 0 unspecified atom stereocenters. The van der Waals surface area contributed by atoms with Crippen LogP contribution in [0.1, 0.15) is 0 Å². The summed E-state index contributed by atoms with van der Waals surface area (Å²) in [7, 11) is 0. The van der Waals surface area contributed by atoms with Gasteiger partial charge in [-0.2, -0.15) is 101 Å². The first-order chi connectivity index (χ1) is 16.8. The number of aliphatic carboxylic acids is 1.